The molecule has 14 rings (SSSR count). The fourth-order valence-electron chi connectivity index (χ4n) is 10.2. The molecule has 11 heteroatoms. The molecular weight excluding hydrogens is 1070 g/mol. The van der Waals surface area contributed by atoms with Gasteiger partial charge in [0.2, 0.25) is 0 Å². The van der Waals surface area contributed by atoms with Gasteiger partial charge in [-0.25, -0.2) is 9.97 Å². The summed E-state index contributed by atoms with van der Waals surface area (Å²) >= 11 is 5.81. The van der Waals surface area contributed by atoms with Crippen LogP contribution in [-0.2, 0) is 13.0 Å². The highest BCUT2D eigenvalue weighted by Gasteiger charge is 2.19. The smallest absolute Gasteiger partial charge is 0.151 e. The second-order valence-electron chi connectivity index (χ2n) is 24.0. The highest BCUT2D eigenvalue weighted by molar-refractivity contribution is 6.30. The molecule has 0 unspecified atom stereocenters. The molecular formula is C74H81ClN8O2. The number of nitrogens with one attached hydrogen (secondary N) is 1. The van der Waals surface area contributed by atoms with E-state index in [2.05, 4.69) is 227 Å². The van der Waals surface area contributed by atoms with Crippen molar-refractivity contribution in [2.45, 2.75) is 140 Å². The second-order valence-corrected chi connectivity index (χ2v) is 24.4. The van der Waals surface area contributed by atoms with Crippen LogP contribution in [0.15, 0.2) is 175 Å². The highest BCUT2D eigenvalue weighted by Crippen LogP contribution is 2.34. The van der Waals surface area contributed by atoms with Crippen LogP contribution in [0.1, 0.15) is 169 Å². The average Bonchev–Trinajstić information content (AvgIpc) is 3.76. The number of hydrogen-bond donors (Lipinski definition) is 1. The van der Waals surface area contributed by atoms with Gasteiger partial charge in [0, 0.05) is 87.9 Å². The Bertz CT molecular complexity index is 4260. The first-order valence-electron chi connectivity index (χ1n) is 29.8. The third-order valence-electron chi connectivity index (χ3n) is 15.7. The van der Waals surface area contributed by atoms with Crippen molar-refractivity contribution in [3.63, 3.8) is 0 Å². The molecule has 0 saturated carbocycles. The Hall–Kier alpha value is -8.47. The number of benzene rings is 5. The number of H-pyrrole nitrogens is 1. The molecule has 436 valence electrons. The Kier molecular flexibility index (Phi) is 19.8. The molecule has 0 spiro atoms. The van der Waals surface area contributed by atoms with Crippen molar-refractivity contribution in [1.29, 1.82) is 0 Å². The monoisotopic (exact) mass is 1150 g/mol. The molecule has 2 aliphatic rings. The Morgan fingerprint density at radius 2 is 1.11 bits per heavy atom. The van der Waals surface area contributed by atoms with Gasteiger partial charge in [0.25, 0.3) is 0 Å². The van der Waals surface area contributed by atoms with Crippen LogP contribution < -0.4 is 4.74 Å². The number of hydrogen-bond acceptors (Lipinski definition) is 8. The fraction of sp³-hybridized carbons (Fsp3) is 0.297. The minimum absolute atomic E-state index is 0.526. The standard InChI is InChI=1S/C14H13NO.C13H14N2O.C12H12ClN.C12H15N.C12H13N.C11H14N2/c1-9(2)10-3-4-13-11(7-10)12-8-15-6-5-14(12)16-13;1-9(2)10-3-4-11-12(7-10)16-8-13-14-5-6-15(11)13;1-8(2)9-3-4-10-6-12(13)14-7-11(10)5-9;1-8(2)10-5-11-4-9(3)13-7-12(11)6-10;1-9(2)11-4-3-10-5-6-13-8-12(10)7-11;1-7(2)9-4-5-11-10(6-9)8(3)12-13-11/h3-9H,1-2H3;3-7,9H,8H2,1-2H3;3-8H,1-2H3;4-5,7-8H,6H2,1-3H3;3-9H,1-2H3;4-7H,1-3H3,(H,12,13). The SMILES string of the molecule is CC(C)c1ccc2c(c1)OCc1nccn1-2.CC(C)c1ccc2cc(Cl)ncc2c1.CC(C)c1ccc2ccncc2c1.CC(C)c1ccc2oc3ccncc3c2c1.Cc1[nH]nc2ccc(C(C)C)cc12.Cc1cc2c(cn1)CC(C(C)C)=C2. The minimum atomic E-state index is 0.526. The molecule has 1 N–H and O–H groups in total. The molecule has 0 amide bonds. The maximum absolute atomic E-state index is 5.81. The number of allylic oxidation sites excluding steroid dienone is 1. The predicted octanol–water partition coefficient (Wildman–Crippen LogP) is 20.3. The average molecular weight is 1150 g/mol. The molecule has 85 heavy (non-hydrogen) atoms. The number of pyridine rings is 4. The summed E-state index contributed by atoms with van der Waals surface area (Å²) < 4.78 is 13.5. The number of furan rings is 1. The van der Waals surface area contributed by atoms with Crippen LogP contribution in [0, 0.1) is 19.8 Å². The number of ether oxygens (including phenoxy) is 1. The van der Waals surface area contributed by atoms with Gasteiger partial charge in [-0.3, -0.25) is 24.6 Å². The van der Waals surface area contributed by atoms with Crippen molar-refractivity contribution in [2.75, 3.05) is 0 Å². The van der Waals surface area contributed by atoms with Crippen molar-refractivity contribution < 1.29 is 9.15 Å². The summed E-state index contributed by atoms with van der Waals surface area (Å²) in [5.41, 5.74) is 17.3. The van der Waals surface area contributed by atoms with E-state index in [-0.39, 0.29) is 0 Å². The van der Waals surface area contributed by atoms with Gasteiger partial charge in [-0.2, -0.15) is 5.10 Å². The zero-order valence-corrected chi connectivity index (χ0v) is 52.6. The number of halogens is 1. The summed E-state index contributed by atoms with van der Waals surface area (Å²) in [4.78, 5) is 20.9. The lowest BCUT2D eigenvalue weighted by Gasteiger charge is -2.20. The van der Waals surface area contributed by atoms with Crippen LogP contribution in [0.3, 0.4) is 0 Å². The number of aromatic amines is 1. The van der Waals surface area contributed by atoms with Crippen LogP contribution >= 0.6 is 11.6 Å². The predicted molar refractivity (Wildman–Crippen MR) is 355 cm³/mol. The largest absolute Gasteiger partial charge is 0.483 e. The molecule has 0 radical (unpaired) electrons. The van der Waals surface area contributed by atoms with Crippen LogP contribution in [-0.4, -0.2) is 39.7 Å². The van der Waals surface area contributed by atoms with E-state index in [4.69, 9.17) is 20.8 Å². The van der Waals surface area contributed by atoms with E-state index in [0.29, 0.717) is 47.3 Å². The van der Waals surface area contributed by atoms with Gasteiger partial charge in [0.15, 0.2) is 5.82 Å². The Balaban J connectivity index is 0.000000122. The Morgan fingerprint density at radius 3 is 1.81 bits per heavy atom. The molecule has 0 atom stereocenters. The van der Waals surface area contributed by atoms with Crippen LogP contribution in [0.25, 0.3) is 66.1 Å². The molecule has 8 heterocycles. The molecule has 5 aromatic carbocycles. The molecule has 1 aliphatic carbocycles. The van der Waals surface area contributed by atoms with E-state index < -0.39 is 0 Å². The van der Waals surface area contributed by atoms with E-state index in [9.17, 15) is 0 Å². The zero-order chi connectivity index (χ0) is 60.5. The summed E-state index contributed by atoms with van der Waals surface area (Å²) in [6, 6.07) is 40.2. The maximum atomic E-state index is 5.81. The van der Waals surface area contributed by atoms with Crippen molar-refractivity contribution in [1.82, 2.24) is 39.7 Å². The summed E-state index contributed by atoms with van der Waals surface area (Å²) in [6.45, 7) is 31.1. The van der Waals surface area contributed by atoms with Gasteiger partial charge < -0.3 is 9.15 Å². The first kappa shape index (κ1) is 61.1. The molecule has 12 aromatic rings. The van der Waals surface area contributed by atoms with E-state index in [1.165, 1.54) is 60.7 Å². The summed E-state index contributed by atoms with van der Waals surface area (Å²) in [6.07, 6.45) is 18.4. The Labute approximate surface area is 506 Å². The highest BCUT2D eigenvalue weighted by atomic mass is 35.5. The van der Waals surface area contributed by atoms with Gasteiger partial charge in [-0.15, -0.1) is 0 Å². The maximum Gasteiger partial charge on any atom is 0.151 e. The van der Waals surface area contributed by atoms with Crippen molar-refractivity contribution in [3.8, 4) is 11.4 Å². The molecule has 7 aromatic heterocycles. The third kappa shape index (κ3) is 15.1. The third-order valence-corrected chi connectivity index (χ3v) is 15.9. The number of fused-ring (bicyclic) bond motifs is 10. The van der Waals surface area contributed by atoms with Gasteiger partial charge in [-0.05, 0) is 178 Å². The number of rotatable bonds is 6. The first-order valence-corrected chi connectivity index (χ1v) is 30.2. The summed E-state index contributed by atoms with van der Waals surface area (Å²) in [5, 5.41) is 16.0. The van der Waals surface area contributed by atoms with Gasteiger partial charge >= 0.3 is 0 Å². The Morgan fingerprint density at radius 1 is 0.506 bits per heavy atom. The van der Waals surface area contributed by atoms with Gasteiger partial charge in [0.05, 0.1) is 11.2 Å². The lowest BCUT2D eigenvalue weighted by molar-refractivity contribution is 0.279. The molecule has 0 bridgehead atoms. The van der Waals surface area contributed by atoms with Crippen molar-refractivity contribution in [3.05, 3.63) is 232 Å². The van der Waals surface area contributed by atoms with Crippen LogP contribution in [0.5, 0.6) is 5.75 Å². The molecule has 0 saturated heterocycles. The number of nitrogens with zero attached hydrogens (tertiary/aromatic N) is 7. The summed E-state index contributed by atoms with van der Waals surface area (Å²) in [7, 11) is 0. The van der Waals surface area contributed by atoms with Crippen LogP contribution in [0.4, 0.5) is 0 Å². The van der Waals surface area contributed by atoms with E-state index >= 15 is 0 Å². The lowest BCUT2D eigenvalue weighted by atomic mass is 10.0. The summed E-state index contributed by atoms with van der Waals surface area (Å²) in [5.74, 6) is 5.36. The first-order chi connectivity index (χ1) is 40.8. The van der Waals surface area contributed by atoms with Crippen LogP contribution in [0.2, 0.25) is 5.15 Å². The molecule has 1 aliphatic heterocycles. The zero-order valence-electron chi connectivity index (χ0n) is 51.9. The van der Waals surface area contributed by atoms with E-state index in [0.717, 1.165) is 73.3 Å². The van der Waals surface area contributed by atoms with Crippen molar-refractivity contribution >= 4 is 72.1 Å². The number of aromatic nitrogens is 8. The quantitative estimate of drug-likeness (QED) is 0.163. The second kappa shape index (κ2) is 27.5. The normalized spacial score (nSPS) is 12.2. The van der Waals surface area contributed by atoms with Gasteiger partial charge in [-0.1, -0.05) is 149 Å². The van der Waals surface area contributed by atoms with Gasteiger partial charge in [0.1, 0.15) is 28.7 Å². The van der Waals surface area contributed by atoms with E-state index in [1.807, 2.05) is 74.6 Å². The molecule has 0 fully saturated rings. The minimum Gasteiger partial charge on any atom is -0.483 e. The topological polar surface area (TPSA) is 120 Å². The number of imidazole rings is 1. The van der Waals surface area contributed by atoms with Crippen molar-refractivity contribution in [2.24, 2.45) is 5.92 Å². The van der Waals surface area contributed by atoms with E-state index in [1.54, 1.807) is 6.20 Å². The fourth-order valence-corrected chi connectivity index (χ4v) is 10.4. The number of aryl methyl sites for hydroxylation is 2. The lowest BCUT2D eigenvalue weighted by Crippen LogP contribution is -2.12. The molecule has 10 nitrogen and oxygen atoms in total.